The molecule has 0 aliphatic carbocycles. The molecule has 2 aromatic rings. The Morgan fingerprint density at radius 3 is 1.90 bits per heavy atom. The van der Waals surface area contributed by atoms with Gasteiger partial charge in [0.05, 0.1) is 4.90 Å². The summed E-state index contributed by atoms with van der Waals surface area (Å²) in [4.78, 5) is 11.6. The van der Waals surface area contributed by atoms with Crippen LogP contribution in [0, 0.1) is 0 Å². The van der Waals surface area contributed by atoms with Gasteiger partial charge in [0.15, 0.2) is 5.78 Å². The number of benzene rings is 2. The molecule has 0 N–H and O–H groups in total. The number of carbonyl (C=O) groups excluding carboxylic acids is 1. The van der Waals surface area contributed by atoms with Crippen molar-refractivity contribution in [3.05, 3.63) is 71.1 Å². The first kappa shape index (κ1) is 14.2. The highest BCUT2D eigenvalue weighted by molar-refractivity contribution is 7.96. The SMILES string of the molecule is CC(=O)C(=Cc1ccccc1)S(=O)(=O)c1ccccc1. The van der Waals surface area contributed by atoms with E-state index in [4.69, 9.17) is 0 Å². The molecule has 0 radical (unpaired) electrons. The van der Waals surface area contributed by atoms with Gasteiger partial charge in [0.2, 0.25) is 9.84 Å². The summed E-state index contributed by atoms with van der Waals surface area (Å²) >= 11 is 0. The second kappa shape index (κ2) is 5.84. The van der Waals surface area contributed by atoms with Crippen LogP contribution in [0.15, 0.2) is 70.5 Å². The molecule has 0 fully saturated rings. The molecule has 2 aromatic carbocycles. The topological polar surface area (TPSA) is 51.2 Å². The summed E-state index contributed by atoms with van der Waals surface area (Å²) in [5.74, 6) is -0.474. The number of hydrogen-bond acceptors (Lipinski definition) is 3. The normalized spacial score (nSPS) is 12.2. The number of allylic oxidation sites excluding steroid dienone is 1. The first-order chi connectivity index (χ1) is 9.51. The molecule has 0 heterocycles. The van der Waals surface area contributed by atoms with Crippen molar-refractivity contribution in [1.82, 2.24) is 0 Å². The van der Waals surface area contributed by atoms with Crippen molar-refractivity contribution in [1.29, 1.82) is 0 Å². The molecule has 0 spiro atoms. The molecule has 0 atom stereocenters. The van der Waals surface area contributed by atoms with Crippen LogP contribution in [0.1, 0.15) is 12.5 Å². The van der Waals surface area contributed by atoms with E-state index in [9.17, 15) is 13.2 Å². The smallest absolute Gasteiger partial charge is 0.210 e. The average molecular weight is 286 g/mol. The van der Waals surface area contributed by atoms with Crippen molar-refractivity contribution < 1.29 is 13.2 Å². The van der Waals surface area contributed by atoms with Crippen LogP contribution in [-0.4, -0.2) is 14.2 Å². The Bertz CT molecular complexity index is 730. The lowest BCUT2D eigenvalue weighted by Gasteiger charge is -2.06. The molecular weight excluding hydrogens is 272 g/mol. The molecule has 3 nitrogen and oxygen atoms in total. The van der Waals surface area contributed by atoms with Gasteiger partial charge < -0.3 is 0 Å². The maximum atomic E-state index is 12.5. The Labute approximate surface area is 118 Å². The largest absolute Gasteiger partial charge is 0.294 e. The summed E-state index contributed by atoms with van der Waals surface area (Å²) in [6.07, 6.45) is 1.41. The van der Waals surface area contributed by atoms with Gasteiger partial charge in [0.1, 0.15) is 4.91 Å². The van der Waals surface area contributed by atoms with Crippen LogP contribution in [0.3, 0.4) is 0 Å². The zero-order valence-corrected chi connectivity index (χ0v) is 11.8. The molecule has 20 heavy (non-hydrogen) atoms. The standard InChI is InChI=1S/C16H14O3S/c1-13(17)16(12-14-8-4-2-5-9-14)20(18,19)15-10-6-3-7-11-15/h2-12H,1H3. The quantitative estimate of drug-likeness (QED) is 0.812. The van der Waals surface area contributed by atoms with Crippen LogP contribution < -0.4 is 0 Å². The van der Waals surface area contributed by atoms with Crippen LogP contribution in [0.2, 0.25) is 0 Å². The Kier molecular flexibility index (Phi) is 4.15. The third kappa shape index (κ3) is 3.03. The lowest BCUT2D eigenvalue weighted by atomic mass is 10.2. The van der Waals surface area contributed by atoms with Crippen molar-refractivity contribution in [2.75, 3.05) is 0 Å². The molecule has 0 unspecified atom stereocenters. The van der Waals surface area contributed by atoms with Crippen LogP contribution in [0.25, 0.3) is 6.08 Å². The molecule has 0 saturated carbocycles. The fourth-order valence-corrected chi connectivity index (χ4v) is 3.23. The average Bonchev–Trinajstić information content (AvgIpc) is 2.46. The minimum absolute atomic E-state index is 0.123. The summed E-state index contributed by atoms with van der Waals surface area (Å²) in [7, 11) is -3.79. The summed E-state index contributed by atoms with van der Waals surface area (Å²) < 4.78 is 25.0. The number of rotatable bonds is 4. The molecule has 0 aliphatic heterocycles. The highest BCUT2D eigenvalue weighted by Gasteiger charge is 2.23. The fraction of sp³-hybridized carbons (Fsp3) is 0.0625. The van der Waals surface area contributed by atoms with Gasteiger partial charge in [0.25, 0.3) is 0 Å². The number of Topliss-reactive ketones (excluding diaryl/α,β-unsaturated/α-hetero) is 1. The molecule has 0 bridgehead atoms. The summed E-state index contributed by atoms with van der Waals surface area (Å²) in [6, 6.07) is 16.9. The maximum absolute atomic E-state index is 12.5. The first-order valence-corrected chi connectivity index (χ1v) is 7.58. The van der Waals surface area contributed by atoms with E-state index in [0.717, 1.165) is 0 Å². The van der Waals surface area contributed by atoms with E-state index < -0.39 is 15.6 Å². The van der Waals surface area contributed by atoms with E-state index in [2.05, 4.69) is 0 Å². The van der Waals surface area contributed by atoms with Crippen LogP contribution in [0.4, 0.5) is 0 Å². The highest BCUT2D eigenvalue weighted by Crippen LogP contribution is 2.22. The van der Waals surface area contributed by atoms with Crippen molar-refractivity contribution in [3.8, 4) is 0 Å². The van der Waals surface area contributed by atoms with Crippen molar-refractivity contribution in [2.45, 2.75) is 11.8 Å². The van der Waals surface area contributed by atoms with Crippen molar-refractivity contribution in [2.24, 2.45) is 0 Å². The molecule has 0 aromatic heterocycles. The lowest BCUT2D eigenvalue weighted by molar-refractivity contribution is -0.112. The van der Waals surface area contributed by atoms with Crippen LogP contribution in [0.5, 0.6) is 0 Å². The predicted octanol–water partition coefficient (Wildman–Crippen LogP) is 3.09. The number of carbonyl (C=O) groups is 1. The molecule has 0 amide bonds. The van der Waals surface area contributed by atoms with Gasteiger partial charge in [-0.2, -0.15) is 0 Å². The van der Waals surface area contributed by atoms with Gasteiger partial charge in [-0.05, 0) is 30.7 Å². The van der Waals surface area contributed by atoms with Gasteiger partial charge in [-0.1, -0.05) is 48.5 Å². The number of hydrogen-bond donors (Lipinski definition) is 0. The Hall–Kier alpha value is -2.20. The summed E-state index contributed by atoms with van der Waals surface area (Å²) in [5, 5.41) is 0. The fourth-order valence-electron chi connectivity index (χ4n) is 1.80. The van der Waals surface area contributed by atoms with Gasteiger partial charge in [-0.15, -0.1) is 0 Å². The minimum Gasteiger partial charge on any atom is -0.294 e. The molecule has 4 heteroatoms. The number of ketones is 1. The van der Waals surface area contributed by atoms with Crippen molar-refractivity contribution >= 4 is 21.7 Å². The second-order valence-electron chi connectivity index (χ2n) is 4.29. The molecule has 2 rings (SSSR count). The zero-order chi connectivity index (χ0) is 14.6. The van der Waals surface area contributed by atoms with E-state index in [1.54, 1.807) is 42.5 Å². The molecular formula is C16H14O3S. The van der Waals surface area contributed by atoms with E-state index >= 15 is 0 Å². The Balaban J connectivity index is 2.56. The highest BCUT2D eigenvalue weighted by atomic mass is 32.2. The Morgan fingerprint density at radius 1 is 0.900 bits per heavy atom. The monoisotopic (exact) mass is 286 g/mol. The predicted molar refractivity (Wildman–Crippen MR) is 78.7 cm³/mol. The van der Waals surface area contributed by atoms with E-state index in [1.165, 1.54) is 25.1 Å². The van der Waals surface area contributed by atoms with Crippen LogP contribution >= 0.6 is 0 Å². The second-order valence-corrected chi connectivity index (χ2v) is 6.21. The first-order valence-electron chi connectivity index (χ1n) is 6.09. The van der Waals surface area contributed by atoms with Gasteiger partial charge in [-0.25, -0.2) is 8.42 Å². The third-order valence-corrected chi connectivity index (χ3v) is 4.66. The van der Waals surface area contributed by atoms with Gasteiger partial charge >= 0.3 is 0 Å². The Morgan fingerprint density at radius 2 is 1.40 bits per heavy atom. The summed E-state index contributed by atoms with van der Waals surface area (Å²) in [6.45, 7) is 1.26. The maximum Gasteiger partial charge on any atom is 0.210 e. The van der Waals surface area contributed by atoms with E-state index in [-0.39, 0.29) is 9.80 Å². The number of sulfone groups is 1. The molecule has 102 valence electrons. The van der Waals surface area contributed by atoms with Gasteiger partial charge in [0, 0.05) is 0 Å². The minimum atomic E-state index is -3.79. The molecule has 0 aliphatic rings. The van der Waals surface area contributed by atoms with Crippen LogP contribution in [-0.2, 0) is 14.6 Å². The lowest BCUT2D eigenvalue weighted by Crippen LogP contribution is -2.11. The molecule has 0 saturated heterocycles. The van der Waals surface area contributed by atoms with Gasteiger partial charge in [-0.3, -0.25) is 4.79 Å². The van der Waals surface area contributed by atoms with E-state index in [1.807, 2.05) is 6.07 Å². The van der Waals surface area contributed by atoms with E-state index in [0.29, 0.717) is 5.56 Å². The summed E-state index contributed by atoms with van der Waals surface area (Å²) in [5.41, 5.74) is 0.678. The zero-order valence-electron chi connectivity index (χ0n) is 11.0. The third-order valence-electron chi connectivity index (χ3n) is 2.79. The van der Waals surface area contributed by atoms with Crippen molar-refractivity contribution in [3.63, 3.8) is 0 Å².